The third-order valence-electron chi connectivity index (χ3n) is 2.93. The highest BCUT2D eigenvalue weighted by molar-refractivity contribution is 6.30. The van der Waals surface area contributed by atoms with Crippen molar-refractivity contribution in [1.29, 1.82) is 0 Å². The van der Waals surface area contributed by atoms with Crippen LogP contribution in [0.15, 0.2) is 42.5 Å². The van der Waals surface area contributed by atoms with Crippen LogP contribution in [-0.2, 0) is 9.53 Å². The van der Waals surface area contributed by atoms with E-state index in [9.17, 15) is 18.4 Å². The first-order valence-electron chi connectivity index (χ1n) is 6.60. The number of hydrogen-bond donors (Lipinski definition) is 1. The first kappa shape index (κ1) is 16.9. The Labute approximate surface area is 136 Å². The van der Waals surface area contributed by atoms with E-state index in [1.165, 1.54) is 6.92 Å². The SMILES string of the molecule is C[C@H](OC(=O)c1c(F)cccc1F)C(=O)Nc1ccc(Cl)cc1. The van der Waals surface area contributed by atoms with Crippen molar-refractivity contribution in [2.75, 3.05) is 5.32 Å². The molecular formula is C16H12ClF2NO3. The standard InChI is InChI=1S/C16H12ClF2NO3/c1-9(15(21)20-11-7-5-10(17)6-8-11)23-16(22)14-12(18)3-2-4-13(14)19/h2-9H,1H3,(H,20,21)/t9-/m0/s1. The molecule has 0 bridgehead atoms. The lowest BCUT2D eigenvalue weighted by Crippen LogP contribution is -2.30. The molecule has 0 unspecified atom stereocenters. The van der Waals surface area contributed by atoms with Gasteiger partial charge in [-0.2, -0.15) is 0 Å². The van der Waals surface area contributed by atoms with Crippen LogP contribution in [0, 0.1) is 11.6 Å². The first-order valence-corrected chi connectivity index (χ1v) is 6.97. The number of hydrogen-bond acceptors (Lipinski definition) is 3. The van der Waals surface area contributed by atoms with E-state index in [1.807, 2.05) is 0 Å². The molecule has 2 aromatic carbocycles. The van der Waals surface area contributed by atoms with E-state index in [4.69, 9.17) is 16.3 Å². The zero-order valence-electron chi connectivity index (χ0n) is 12.0. The summed E-state index contributed by atoms with van der Waals surface area (Å²) >= 11 is 5.72. The lowest BCUT2D eigenvalue weighted by Gasteiger charge is -2.14. The third kappa shape index (κ3) is 4.26. The first-order chi connectivity index (χ1) is 10.9. The molecule has 0 radical (unpaired) electrons. The van der Waals surface area contributed by atoms with Crippen LogP contribution in [0.5, 0.6) is 0 Å². The van der Waals surface area contributed by atoms with Gasteiger partial charge in [0.1, 0.15) is 17.2 Å². The van der Waals surface area contributed by atoms with Gasteiger partial charge in [0, 0.05) is 10.7 Å². The van der Waals surface area contributed by atoms with Crippen molar-refractivity contribution in [3.63, 3.8) is 0 Å². The topological polar surface area (TPSA) is 55.4 Å². The number of benzene rings is 2. The average molecular weight is 340 g/mol. The Balaban J connectivity index is 2.03. The van der Waals surface area contributed by atoms with Crippen molar-refractivity contribution in [3.8, 4) is 0 Å². The number of amides is 1. The summed E-state index contributed by atoms with van der Waals surface area (Å²) in [5.41, 5.74) is -0.391. The molecule has 0 saturated heterocycles. The van der Waals surface area contributed by atoms with E-state index in [1.54, 1.807) is 24.3 Å². The fourth-order valence-electron chi connectivity index (χ4n) is 1.74. The van der Waals surface area contributed by atoms with E-state index in [0.717, 1.165) is 18.2 Å². The van der Waals surface area contributed by atoms with Crippen molar-refractivity contribution >= 4 is 29.2 Å². The number of halogens is 3. The van der Waals surface area contributed by atoms with Crippen molar-refractivity contribution in [1.82, 2.24) is 0 Å². The number of carbonyl (C=O) groups is 2. The second-order valence-corrected chi connectivity index (χ2v) is 5.08. The van der Waals surface area contributed by atoms with E-state index in [-0.39, 0.29) is 0 Å². The van der Waals surface area contributed by atoms with E-state index < -0.39 is 35.2 Å². The fraction of sp³-hybridized carbons (Fsp3) is 0.125. The van der Waals surface area contributed by atoms with Gasteiger partial charge in [0.05, 0.1) is 0 Å². The van der Waals surface area contributed by atoms with Crippen molar-refractivity contribution < 1.29 is 23.1 Å². The average Bonchev–Trinajstić information content (AvgIpc) is 2.49. The zero-order valence-corrected chi connectivity index (χ0v) is 12.7. The summed E-state index contributed by atoms with van der Waals surface area (Å²) in [4.78, 5) is 23.7. The molecule has 120 valence electrons. The predicted octanol–water partition coefficient (Wildman–Crippen LogP) is 3.80. The molecule has 0 spiro atoms. The van der Waals surface area contributed by atoms with E-state index >= 15 is 0 Å². The molecule has 0 aliphatic rings. The maximum Gasteiger partial charge on any atom is 0.344 e. The van der Waals surface area contributed by atoms with Gasteiger partial charge in [0.2, 0.25) is 0 Å². The van der Waals surface area contributed by atoms with Crippen LogP contribution in [0.1, 0.15) is 17.3 Å². The second kappa shape index (κ2) is 7.19. The van der Waals surface area contributed by atoms with E-state index in [2.05, 4.69) is 5.32 Å². The largest absolute Gasteiger partial charge is 0.449 e. The molecule has 2 aromatic rings. The molecule has 7 heteroatoms. The Morgan fingerprint density at radius 2 is 1.65 bits per heavy atom. The Kier molecular flexibility index (Phi) is 5.28. The monoisotopic (exact) mass is 339 g/mol. The van der Waals surface area contributed by atoms with Gasteiger partial charge in [-0.1, -0.05) is 17.7 Å². The van der Waals surface area contributed by atoms with Crippen LogP contribution in [0.3, 0.4) is 0 Å². The van der Waals surface area contributed by atoms with Gasteiger partial charge in [-0.15, -0.1) is 0 Å². The highest BCUT2D eigenvalue weighted by Crippen LogP contribution is 2.16. The van der Waals surface area contributed by atoms with Crippen LogP contribution in [-0.4, -0.2) is 18.0 Å². The summed E-state index contributed by atoms with van der Waals surface area (Å²) in [5, 5.41) is 2.99. The molecular weight excluding hydrogens is 328 g/mol. The maximum atomic E-state index is 13.5. The molecule has 1 N–H and O–H groups in total. The summed E-state index contributed by atoms with van der Waals surface area (Å²) in [6.07, 6.45) is -1.24. The molecule has 4 nitrogen and oxygen atoms in total. The van der Waals surface area contributed by atoms with Crippen LogP contribution < -0.4 is 5.32 Å². The van der Waals surface area contributed by atoms with Gasteiger partial charge >= 0.3 is 5.97 Å². The number of esters is 1. The molecule has 0 aliphatic carbocycles. The van der Waals surface area contributed by atoms with Gasteiger partial charge in [-0.05, 0) is 43.3 Å². The lowest BCUT2D eigenvalue weighted by molar-refractivity contribution is -0.123. The minimum absolute atomic E-state index is 0.444. The Hall–Kier alpha value is -2.47. The molecule has 23 heavy (non-hydrogen) atoms. The fourth-order valence-corrected chi connectivity index (χ4v) is 1.87. The number of ether oxygens (including phenoxy) is 1. The molecule has 0 saturated carbocycles. The second-order valence-electron chi connectivity index (χ2n) is 4.64. The van der Waals surface area contributed by atoms with Gasteiger partial charge in [-0.3, -0.25) is 4.79 Å². The summed E-state index contributed by atoms with van der Waals surface area (Å²) in [6, 6.07) is 9.25. The molecule has 0 aliphatic heterocycles. The van der Waals surface area contributed by atoms with Crippen LogP contribution in [0.25, 0.3) is 0 Å². The van der Waals surface area contributed by atoms with Crippen LogP contribution in [0.4, 0.5) is 14.5 Å². The summed E-state index contributed by atoms with van der Waals surface area (Å²) < 4.78 is 31.8. The minimum atomic E-state index is -1.25. The smallest absolute Gasteiger partial charge is 0.344 e. The van der Waals surface area contributed by atoms with Crippen molar-refractivity contribution in [2.45, 2.75) is 13.0 Å². The summed E-state index contributed by atoms with van der Waals surface area (Å²) in [5.74, 6) is -4.00. The van der Waals surface area contributed by atoms with Crippen molar-refractivity contribution in [3.05, 3.63) is 64.7 Å². The minimum Gasteiger partial charge on any atom is -0.449 e. The van der Waals surface area contributed by atoms with Crippen LogP contribution in [0.2, 0.25) is 5.02 Å². The molecule has 0 aromatic heterocycles. The highest BCUT2D eigenvalue weighted by Gasteiger charge is 2.24. The summed E-state index contributed by atoms with van der Waals surface area (Å²) in [7, 11) is 0. The maximum absolute atomic E-state index is 13.5. The molecule has 2 rings (SSSR count). The molecule has 0 fully saturated rings. The number of rotatable bonds is 4. The molecule has 1 amide bonds. The van der Waals surface area contributed by atoms with Gasteiger partial charge in [-0.25, -0.2) is 13.6 Å². The Bertz CT molecular complexity index is 714. The van der Waals surface area contributed by atoms with Crippen molar-refractivity contribution in [2.24, 2.45) is 0 Å². The third-order valence-corrected chi connectivity index (χ3v) is 3.18. The highest BCUT2D eigenvalue weighted by atomic mass is 35.5. The van der Waals surface area contributed by atoms with E-state index in [0.29, 0.717) is 10.7 Å². The molecule has 0 heterocycles. The quantitative estimate of drug-likeness (QED) is 0.862. The van der Waals surface area contributed by atoms with Gasteiger partial charge in [0.15, 0.2) is 6.10 Å². The number of nitrogens with one attached hydrogen (secondary N) is 1. The van der Waals surface area contributed by atoms with Crippen LogP contribution >= 0.6 is 11.6 Å². The number of anilines is 1. The van der Waals surface area contributed by atoms with Gasteiger partial charge in [0.25, 0.3) is 5.91 Å². The summed E-state index contributed by atoms with van der Waals surface area (Å²) in [6.45, 7) is 1.29. The zero-order chi connectivity index (χ0) is 17.0. The Morgan fingerprint density at radius 1 is 1.09 bits per heavy atom. The normalized spacial score (nSPS) is 11.7. The number of carbonyl (C=O) groups excluding carboxylic acids is 2. The lowest BCUT2D eigenvalue weighted by atomic mass is 10.2. The molecule has 1 atom stereocenters. The Morgan fingerprint density at radius 3 is 2.22 bits per heavy atom. The van der Waals surface area contributed by atoms with Gasteiger partial charge < -0.3 is 10.1 Å². The predicted molar refractivity (Wildman–Crippen MR) is 81.3 cm³/mol.